The fourth-order valence-electron chi connectivity index (χ4n) is 3.07. The van der Waals surface area contributed by atoms with Crippen LogP contribution in [0.5, 0.6) is 0 Å². The number of halogens is 3. The van der Waals surface area contributed by atoms with Gasteiger partial charge in [-0.2, -0.15) is 0 Å². The van der Waals surface area contributed by atoms with Crippen molar-refractivity contribution < 1.29 is 4.79 Å². The Morgan fingerprint density at radius 3 is 2.44 bits per heavy atom. The molecule has 0 saturated carbocycles. The first-order valence-electron chi connectivity index (χ1n) is 5.98. The highest BCUT2D eigenvalue weighted by Gasteiger charge is 2.43. The van der Waals surface area contributed by atoms with Crippen LogP contribution in [-0.4, -0.2) is 27.7 Å². The summed E-state index contributed by atoms with van der Waals surface area (Å²) < 4.78 is 1.08. The van der Waals surface area contributed by atoms with Crippen LogP contribution in [0.2, 0.25) is 8.67 Å². The number of thiophene rings is 1. The molecule has 6 heteroatoms. The van der Waals surface area contributed by atoms with Crippen LogP contribution in [0, 0.1) is 0 Å². The first-order valence-corrected chi connectivity index (χ1v) is 8.46. The molecule has 2 nitrogen and oxygen atoms in total. The van der Waals surface area contributed by atoms with Gasteiger partial charge in [0.1, 0.15) is 4.34 Å². The van der Waals surface area contributed by atoms with Gasteiger partial charge in [-0.05, 0) is 31.7 Å². The summed E-state index contributed by atoms with van der Waals surface area (Å²) in [5, 5.41) is 0. The molecule has 18 heavy (non-hydrogen) atoms. The number of fused-ring (bicyclic) bond motifs is 2. The smallest absolute Gasteiger partial charge is 0.256 e. The van der Waals surface area contributed by atoms with Gasteiger partial charge >= 0.3 is 0 Å². The van der Waals surface area contributed by atoms with Gasteiger partial charge in [-0.15, -0.1) is 11.3 Å². The lowest BCUT2D eigenvalue weighted by atomic mass is 10.0. The second-order valence-electron chi connectivity index (χ2n) is 4.90. The Balaban J connectivity index is 1.88. The molecule has 0 spiro atoms. The number of piperidine rings is 1. The normalized spacial score (nSPS) is 30.8. The summed E-state index contributed by atoms with van der Waals surface area (Å²) in [6, 6.07) is 2.40. The van der Waals surface area contributed by atoms with Gasteiger partial charge in [0.25, 0.3) is 5.91 Å². The molecule has 3 heterocycles. The largest absolute Gasteiger partial charge is 0.333 e. The SMILES string of the molecule is O=C(c1cc(Cl)sc1Cl)N1C2CCC1CC(Br)C2. The second kappa shape index (κ2) is 4.97. The molecule has 0 aliphatic carbocycles. The number of alkyl halides is 1. The van der Waals surface area contributed by atoms with Crippen LogP contribution in [0.3, 0.4) is 0 Å². The van der Waals surface area contributed by atoms with Gasteiger partial charge in [-0.3, -0.25) is 4.79 Å². The molecule has 2 saturated heterocycles. The predicted molar refractivity (Wildman–Crippen MR) is 79.3 cm³/mol. The highest BCUT2D eigenvalue weighted by Crippen LogP contribution is 2.41. The minimum atomic E-state index is 0.0510. The van der Waals surface area contributed by atoms with Crippen LogP contribution in [-0.2, 0) is 0 Å². The number of hydrogen-bond donors (Lipinski definition) is 0. The number of nitrogens with zero attached hydrogens (tertiary/aromatic N) is 1. The maximum Gasteiger partial charge on any atom is 0.256 e. The van der Waals surface area contributed by atoms with Crippen LogP contribution in [0.25, 0.3) is 0 Å². The number of carbonyl (C=O) groups is 1. The van der Waals surface area contributed by atoms with E-state index in [0.29, 0.717) is 31.1 Å². The van der Waals surface area contributed by atoms with Crippen molar-refractivity contribution in [1.82, 2.24) is 4.90 Å². The van der Waals surface area contributed by atoms with E-state index in [2.05, 4.69) is 15.9 Å². The maximum atomic E-state index is 12.6. The minimum Gasteiger partial charge on any atom is -0.333 e. The summed E-state index contributed by atoms with van der Waals surface area (Å²) in [6.07, 6.45) is 4.29. The van der Waals surface area contributed by atoms with E-state index in [1.54, 1.807) is 6.07 Å². The number of hydrogen-bond acceptors (Lipinski definition) is 2. The molecular weight excluding hydrogens is 357 g/mol. The Kier molecular flexibility index (Phi) is 3.65. The summed E-state index contributed by atoms with van der Waals surface area (Å²) in [5.41, 5.74) is 0.566. The molecule has 2 aliphatic rings. The van der Waals surface area contributed by atoms with Crippen molar-refractivity contribution in [3.05, 3.63) is 20.3 Å². The number of rotatable bonds is 1. The van der Waals surface area contributed by atoms with Crippen molar-refractivity contribution in [2.24, 2.45) is 0 Å². The Morgan fingerprint density at radius 2 is 1.94 bits per heavy atom. The fraction of sp³-hybridized carbons (Fsp3) is 0.583. The standard InChI is InChI=1S/C12H12BrCl2NOS/c13-6-3-7-1-2-8(4-6)16(7)12(17)9-5-10(14)18-11(9)15/h5-8H,1-4H2. The molecule has 0 aromatic carbocycles. The fourth-order valence-corrected chi connectivity index (χ4v) is 5.38. The molecule has 2 fully saturated rings. The zero-order valence-corrected chi connectivity index (χ0v) is 13.4. The van der Waals surface area contributed by atoms with Crippen molar-refractivity contribution in [3.63, 3.8) is 0 Å². The van der Waals surface area contributed by atoms with Gasteiger partial charge < -0.3 is 4.90 Å². The molecule has 1 aromatic rings. The molecule has 98 valence electrons. The lowest BCUT2D eigenvalue weighted by Gasteiger charge is -2.37. The Bertz CT molecular complexity index is 478. The third kappa shape index (κ3) is 2.21. The van der Waals surface area contributed by atoms with Crippen LogP contribution >= 0.6 is 50.5 Å². The molecular formula is C12H12BrCl2NOS. The summed E-state index contributed by atoms with van der Waals surface area (Å²) in [7, 11) is 0. The molecule has 1 aromatic heterocycles. The highest BCUT2D eigenvalue weighted by atomic mass is 79.9. The third-order valence-corrected chi connectivity index (χ3v) is 6.03. The zero-order valence-electron chi connectivity index (χ0n) is 9.54. The summed E-state index contributed by atoms with van der Waals surface area (Å²) in [5.74, 6) is 0.0510. The Labute approximate surface area is 128 Å². The Morgan fingerprint density at radius 1 is 1.33 bits per heavy atom. The van der Waals surface area contributed by atoms with Crippen molar-refractivity contribution in [2.45, 2.75) is 42.6 Å². The van der Waals surface area contributed by atoms with Gasteiger partial charge in [0.15, 0.2) is 0 Å². The van der Waals surface area contributed by atoms with Crippen molar-refractivity contribution in [2.75, 3.05) is 0 Å². The van der Waals surface area contributed by atoms with Crippen molar-refractivity contribution >= 4 is 56.4 Å². The maximum absolute atomic E-state index is 12.6. The first kappa shape index (κ1) is 13.2. The lowest BCUT2D eigenvalue weighted by Crippen LogP contribution is -2.46. The van der Waals surface area contributed by atoms with Crippen LogP contribution in [0.1, 0.15) is 36.0 Å². The van der Waals surface area contributed by atoms with Gasteiger partial charge in [-0.1, -0.05) is 39.1 Å². The number of amides is 1. The summed E-state index contributed by atoms with van der Waals surface area (Å²) in [6.45, 7) is 0. The molecule has 2 unspecified atom stereocenters. The first-order chi connectivity index (χ1) is 8.56. The van der Waals surface area contributed by atoms with Crippen molar-refractivity contribution in [3.8, 4) is 0 Å². The average molecular weight is 369 g/mol. The quantitative estimate of drug-likeness (QED) is 0.664. The summed E-state index contributed by atoms with van der Waals surface area (Å²) >= 11 is 16.9. The van der Waals surface area contributed by atoms with E-state index < -0.39 is 0 Å². The highest BCUT2D eigenvalue weighted by molar-refractivity contribution is 9.09. The van der Waals surface area contributed by atoms with Gasteiger partial charge in [0.2, 0.25) is 0 Å². The molecule has 0 N–H and O–H groups in total. The molecule has 2 aliphatic heterocycles. The van der Waals surface area contributed by atoms with E-state index in [0.717, 1.165) is 25.7 Å². The minimum absolute atomic E-state index is 0.0510. The lowest BCUT2D eigenvalue weighted by molar-refractivity contribution is 0.0604. The molecule has 3 rings (SSSR count). The summed E-state index contributed by atoms with van der Waals surface area (Å²) in [4.78, 5) is 15.1. The second-order valence-corrected chi connectivity index (χ2v) is 8.48. The average Bonchev–Trinajstić information content (AvgIpc) is 2.76. The zero-order chi connectivity index (χ0) is 12.9. The monoisotopic (exact) mass is 367 g/mol. The van der Waals surface area contributed by atoms with Crippen LogP contribution in [0.15, 0.2) is 6.07 Å². The van der Waals surface area contributed by atoms with E-state index in [-0.39, 0.29) is 5.91 Å². The van der Waals surface area contributed by atoms with E-state index in [1.807, 2.05) is 4.90 Å². The Hall–Kier alpha value is 0.230. The van der Waals surface area contributed by atoms with E-state index >= 15 is 0 Å². The number of carbonyl (C=O) groups excluding carboxylic acids is 1. The molecule has 2 bridgehead atoms. The van der Waals surface area contributed by atoms with E-state index in [4.69, 9.17) is 23.2 Å². The third-order valence-electron chi connectivity index (χ3n) is 3.80. The topological polar surface area (TPSA) is 20.3 Å². The van der Waals surface area contributed by atoms with Gasteiger partial charge in [0.05, 0.1) is 9.90 Å². The van der Waals surface area contributed by atoms with Crippen LogP contribution < -0.4 is 0 Å². The van der Waals surface area contributed by atoms with E-state index in [1.165, 1.54) is 11.3 Å². The molecule has 0 radical (unpaired) electrons. The van der Waals surface area contributed by atoms with Gasteiger partial charge in [0, 0.05) is 16.9 Å². The molecule has 1 amide bonds. The molecule has 2 atom stereocenters. The van der Waals surface area contributed by atoms with Crippen LogP contribution in [0.4, 0.5) is 0 Å². The predicted octanol–water partition coefficient (Wildman–Crippen LogP) is 4.59. The van der Waals surface area contributed by atoms with E-state index in [9.17, 15) is 4.79 Å². The van der Waals surface area contributed by atoms with Crippen molar-refractivity contribution in [1.29, 1.82) is 0 Å². The van der Waals surface area contributed by atoms with Gasteiger partial charge in [-0.25, -0.2) is 0 Å².